The van der Waals surface area contributed by atoms with Gasteiger partial charge in [-0.2, -0.15) is 10.0 Å². The van der Waals surface area contributed by atoms with E-state index in [0.717, 1.165) is 50.0 Å². The van der Waals surface area contributed by atoms with Crippen molar-refractivity contribution in [2.24, 2.45) is 7.05 Å². The van der Waals surface area contributed by atoms with Gasteiger partial charge in [0.15, 0.2) is 11.6 Å². The van der Waals surface area contributed by atoms with Gasteiger partial charge < -0.3 is 13.9 Å². The van der Waals surface area contributed by atoms with E-state index in [1.807, 2.05) is 35.1 Å². The first kappa shape index (κ1) is 30.2. The summed E-state index contributed by atoms with van der Waals surface area (Å²) in [6.07, 6.45) is 1.86. The molecule has 0 spiro atoms. The Bertz CT molecular complexity index is 1840. The molecule has 1 aliphatic heterocycles. The average molecular weight is 780 g/mol. The minimum atomic E-state index is -1.59. The van der Waals surface area contributed by atoms with Crippen LogP contribution < -0.4 is 30.1 Å². The maximum atomic E-state index is 6.76. The molecule has 7 nitrogen and oxygen atoms in total. The number of hydrogen-bond donors (Lipinski definition) is 0. The van der Waals surface area contributed by atoms with Crippen LogP contribution >= 0.6 is 8.15 Å². The van der Waals surface area contributed by atoms with E-state index < -0.39 is 8.15 Å². The van der Waals surface area contributed by atoms with Gasteiger partial charge in [-0.05, 0) is 49.9 Å². The number of anilines is 3. The Balaban J connectivity index is 0.00000343. The third-order valence-electron chi connectivity index (χ3n) is 8.25. The zero-order valence-corrected chi connectivity index (χ0v) is 28.5. The Labute approximate surface area is 272 Å². The van der Waals surface area contributed by atoms with E-state index in [2.05, 4.69) is 122 Å². The summed E-state index contributed by atoms with van der Waals surface area (Å²) in [5, 5.41) is 4.13. The van der Waals surface area contributed by atoms with Crippen molar-refractivity contribution in [1.29, 1.82) is 0 Å². The van der Waals surface area contributed by atoms with Gasteiger partial charge in [0.1, 0.15) is 10.6 Å². The van der Waals surface area contributed by atoms with Gasteiger partial charge in [-0.3, -0.25) is 0 Å². The molecule has 2 atom stereocenters. The molecule has 4 aromatic carbocycles. The van der Waals surface area contributed by atoms with Crippen LogP contribution in [-0.4, -0.2) is 17.6 Å². The molecular formula is C35H34IrN5O2P. The number of fused-ring (bicyclic) bond motifs is 2. The number of hydrogen-bond acceptors (Lipinski definition) is 5. The standard InChI is InChI=1S/C35H33N5O2P.Ir/c1-5-39(42-43(28-16-8-6-9-17-28)29-18-10-7-11-19-29)35-37-34-33(41-35)24(2)25(3)40(34)27-15-12-14-26(22-27)30-20-13-21-31-32(30)36-23-38(31)4;/h6-21,23-25H,5H2,1-4H3;/q-1;/p+1. The second-order valence-corrected chi connectivity index (χ2v) is 12.9. The Morgan fingerprint density at radius 1 is 0.955 bits per heavy atom. The number of benzene rings is 4. The van der Waals surface area contributed by atoms with Crippen LogP contribution in [0, 0.1) is 6.07 Å². The quantitative estimate of drug-likeness (QED) is 0.0788. The van der Waals surface area contributed by atoms with Gasteiger partial charge in [-0.15, -0.1) is 34.5 Å². The van der Waals surface area contributed by atoms with E-state index in [0.29, 0.717) is 12.6 Å². The Morgan fingerprint density at radius 3 is 2.32 bits per heavy atom. The molecule has 225 valence electrons. The summed E-state index contributed by atoms with van der Waals surface area (Å²) in [6.45, 7) is 7.05. The molecule has 44 heavy (non-hydrogen) atoms. The van der Waals surface area contributed by atoms with Gasteiger partial charge in [-0.25, -0.2) is 4.98 Å². The van der Waals surface area contributed by atoms with Crippen LogP contribution in [0.15, 0.2) is 108 Å². The first-order valence-corrected chi connectivity index (χ1v) is 16.1. The SMILES string of the molecule is CCN(O[PH+](c1ccccc1)c1ccccc1)c1nc2c(o1)C(C)C(C)N2c1[c-]c(-c2cccc3c2[n-]c[n+]3C)ccc1.[Ir]. The summed E-state index contributed by atoms with van der Waals surface area (Å²) in [5.74, 6) is 1.82. The van der Waals surface area contributed by atoms with Gasteiger partial charge in [0.2, 0.25) is 8.15 Å². The summed E-state index contributed by atoms with van der Waals surface area (Å²) in [4.78, 5) is 12.0. The number of aromatic nitrogens is 3. The van der Waals surface area contributed by atoms with Crippen molar-refractivity contribution in [2.45, 2.75) is 32.7 Å². The van der Waals surface area contributed by atoms with Crippen molar-refractivity contribution in [3.8, 4) is 11.1 Å². The molecule has 9 heteroatoms. The first-order chi connectivity index (χ1) is 21.0. The van der Waals surface area contributed by atoms with E-state index in [1.54, 1.807) is 0 Å². The van der Waals surface area contributed by atoms with E-state index >= 15 is 0 Å². The van der Waals surface area contributed by atoms with Crippen LogP contribution in [0.25, 0.3) is 22.2 Å². The number of hydroxylamine groups is 1. The van der Waals surface area contributed by atoms with Gasteiger partial charge in [0, 0.05) is 39.1 Å². The van der Waals surface area contributed by atoms with Crippen LogP contribution in [0.4, 0.5) is 17.5 Å². The predicted octanol–water partition coefficient (Wildman–Crippen LogP) is 6.26. The van der Waals surface area contributed by atoms with Crippen LogP contribution in [-0.2, 0) is 31.8 Å². The number of imidazole rings is 1. The molecule has 2 unspecified atom stereocenters. The van der Waals surface area contributed by atoms with Gasteiger partial charge >= 0.3 is 6.01 Å². The molecule has 3 heterocycles. The van der Waals surface area contributed by atoms with Crippen molar-refractivity contribution in [3.63, 3.8) is 0 Å². The maximum absolute atomic E-state index is 6.76. The fourth-order valence-corrected chi connectivity index (χ4v) is 7.75. The topological polar surface area (TPSA) is 59.7 Å². The second kappa shape index (κ2) is 12.7. The molecule has 1 radical (unpaired) electrons. The fourth-order valence-electron chi connectivity index (χ4n) is 5.79. The largest absolute Gasteiger partial charge is 0.424 e. The number of nitrogens with zero attached hydrogens (tertiary/aromatic N) is 5. The third kappa shape index (κ3) is 5.37. The van der Waals surface area contributed by atoms with Crippen LogP contribution in [0.3, 0.4) is 0 Å². The van der Waals surface area contributed by atoms with Crippen molar-refractivity contribution < 1.29 is 33.7 Å². The summed E-state index contributed by atoms with van der Waals surface area (Å²) in [5.41, 5.74) is 5.06. The predicted molar refractivity (Wildman–Crippen MR) is 174 cm³/mol. The van der Waals surface area contributed by atoms with Crippen molar-refractivity contribution in [3.05, 3.63) is 115 Å². The Hall–Kier alpha value is -3.80. The fraction of sp³-hybridized carbons (Fsp3) is 0.200. The van der Waals surface area contributed by atoms with Crippen LogP contribution in [0.5, 0.6) is 0 Å². The molecule has 6 aromatic rings. The molecule has 0 N–H and O–H groups in total. The minimum absolute atomic E-state index is 0. The van der Waals surface area contributed by atoms with Crippen molar-refractivity contribution in [2.75, 3.05) is 16.5 Å². The number of aryl methyl sites for hydroxylation is 1. The van der Waals surface area contributed by atoms with Gasteiger partial charge in [0.25, 0.3) is 0 Å². The molecule has 0 aliphatic carbocycles. The molecule has 2 aromatic heterocycles. The zero-order chi connectivity index (χ0) is 29.5. The molecule has 0 amide bonds. The summed E-state index contributed by atoms with van der Waals surface area (Å²) >= 11 is 0. The molecule has 0 fully saturated rings. The number of oxazole rings is 1. The minimum Gasteiger partial charge on any atom is -0.424 e. The van der Waals surface area contributed by atoms with E-state index in [9.17, 15) is 0 Å². The zero-order valence-electron chi connectivity index (χ0n) is 25.1. The van der Waals surface area contributed by atoms with Crippen LogP contribution in [0.1, 0.15) is 32.4 Å². The average Bonchev–Trinajstić information content (AvgIpc) is 3.72. The maximum Gasteiger partial charge on any atom is 0.327 e. The molecular weight excluding hydrogens is 746 g/mol. The van der Waals surface area contributed by atoms with Crippen molar-refractivity contribution >= 4 is 47.3 Å². The Morgan fingerprint density at radius 2 is 1.64 bits per heavy atom. The first-order valence-electron chi connectivity index (χ1n) is 14.7. The van der Waals surface area contributed by atoms with Crippen LogP contribution in [0.2, 0.25) is 0 Å². The van der Waals surface area contributed by atoms with E-state index in [4.69, 9.17) is 14.0 Å². The van der Waals surface area contributed by atoms with Gasteiger partial charge in [-0.1, -0.05) is 61.0 Å². The van der Waals surface area contributed by atoms with E-state index in [1.165, 1.54) is 0 Å². The van der Waals surface area contributed by atoms with Crippen molar-refractivity contribution in [1.82, 2.24) is 9.97 Å². The molecule has 0 saturated heterocycles. The van der Waals surface area contributed by atoms with Gasteiger partial charge in [0.05, 0.1) is 23.9 Å². The number of rotatable bonds is 8. The monoisotopic (exact) mass is 780 g/mol. The molecule has 1 aliphatic rings. The molecule has 0 bridgehead atoms. The second-order valence-electron chi connectivity index (χ2n) is 10.9. The number of para-hydroxylation sites is 1. The molecule has 7 rings (SSSR count). The Kier molecular flexibility index (Phi) is 8.70. The summed E-state index contributed by atoms with van der Waals surface area (Å²) in [6, 6.07) is 37.6. The summed E-state index contributed by atoms with van der Waals surface area (Å²) in [7, 11) is 0.425. The normalized spacial score (nSPS) is 15.9. The third-order valence-corrected chi connectivity index (χ3v) is 10.4. The molecule has 0 saturated carbocycles. The smallest absolute Gasteiger partial charge is 0.327 e. The summed E-state index contributed by atoms with van der Waals surface area (Å²) < 4.78 is 15.3. The van der Waals surface area contributed by atoms with E-state index in [-0.39, 0.29) is 32.1 Å².